The maximum Gasteiger partial charge on any atom is 0.264 e. The van der Waals surface area contributed by atoms with Gasteiger partial charge in [-0.2, -0.15) is 0 Å². The van der Waals surface area contributed by atoms with E-state index in [2.05, 4.69) is 5.32 Å². The lowest BCUT2D eigenvalue weighted by molar-refractivity contribution is -0.119. The van der Waals surface area contributed by atoms with E-state index in [-0.39, 0.29) is 10.6 Å². The summed E-state index contributed by atoms with van der Waals surface area (Å²) in [5.41, 5.74) is 0.171. The van der Waals surface area contributed by atoms with Gasteiger partial charge in [0, 0.05) is 13.1 Å². The fraction of sp³-hybridized carbons (Fsp3) is 0.235. The first-order valence-electron chi connectivity index (χ1n) is 7.80. The fourth-order valence-electron chi connectivity index (χ4n) is 2.44. The lowest BCUT2D eigenvalue weighted by Crippen LogP contribution is -2.39. The van der Waals surface area contributed by atoms with Crippen molar-refractivity contribution in [3.63, 3.8) is 0 Å². The third-order valence-electron chi connectivity index (χ3n) is 3.78. The first kappa shape index (κ1) is 18.0. The maximum atomic E-state index is 13.2. The average molecular weight is 380 g/mol. The van der Waals surface area contributed by atoms with Gasteiger partial charge >= 0.3 is 0 Å². The largest absolute Gasteiger partial charge is 0.486 e. The summed E-state index contributed by atoms with van der Waals surface area (Å²) >= 11 is 0. The summed E-state index contributed by atoms with van der Waals surface area (Å²) in [7, 11) is -2.69. The van der Waals surface area contributed by atoms with Crippen LogP contribution < -0.4 is 19.1 Å². The normalized spacial score (nSPS) is 13.2. The van der Waals surface area contributed by atoms with Crippen LogP contribution in [0.3, 0.4) is 0 Å². The van der Waals surface area contributed by atoms with Crippen LogP contribution >= 0.6 is 0 Å². The Morgan fingerprint density at radius 2 is 1.77 bits per heavy atom. The number of sulfonamides is 1. The van der Waals surface area contributed by atoms with Crippen LogP contribution in [0, 0.1) is 5.82 Å². The zero-order valence-electron chi connectivity index (χ0n) is 13.9. The molecule has 1 aliphatic heterocycles. The lowest BCUT2D eigenvalue weighted by Gasteiger charge is -2.25. The number of hydrogen-bond donors (Lipinski definition) is 1. The van der Waals surface area contributed by atoms with Crippen LogP contribution in [0.15, 0.2) is 47.4 Å². The molecule has 1 heterocycles. The zero-order chi connectivity index (χ0) is 18.7. The van der Waals surface area contributed by atoms with Gasteiger partial charge in [-0.25, -0.2) is 12.8 Å². The van der Waals surface area contributed by atoms with Crippen molar-refractivity contribution in [2.75, 3.05) is 31.1 Å². The van der Waals surface area contributed by atoms with Crippen molar-refractivity contribution in [1.29, 1.82) is 0 Å². The number of anilines is 1. The maximum absolute atomic E-state index is 13.2. The number of amides is 1. The molecule has 0 bridgehead atoms. The zero-order valence-corrected chi connectivity index (χ0v) is 14.8. The topological polar surface area (TPSA) is 84.9 Å². The quantitative estimate of drug-likeness (QED) is 0.851. The van der Waals surface area contributed by atoms with Gasteiger partial charge in [-0.3, -0.25) is 9.10 Å². The van der Waals surface area contributed by atoms with Crippen LogP contribution in [-0.4, -0.2) is 41.1 Å². The van der Waals surface area contributed by atoms with Gasteiger partial charge in [-0.05, 0) is 36.4 Å². The van der Waals surface area contributed by atoms with E-state index in [0.717, 1.165) is 16.4 Å². The molecule has 138 valence electrons. The molecule has 0 saturated heterocycles. The van der Waals surface area contributed by atoms with E-state index in [9.17, 15) is 17.6 Å². The Morgan fingerprint density at radius 1 is 1.12 bits per heavy atom. The van der Waals surface area contributed by atoms with Crippen molar-refractivity contribution in [2.45, 2.75) is 4.90 Å². The number of halogens is 1. The molecule has 0 radical (unpaired) electrons. The Balaban J connectivity index is 2.03. The number of nitrogens with zero attached hydrogens (tertiary/aromatic N) is 1. The molecule has 3 rings (SSSR count). The van der Waals surface area contributed by atoms with E-state index in [1.807, 2.05) is 0 Å². The number of carbonyl (C=O) groups is 1. The highest BCUT2D eigenvalue weighted by Gasteiger charge is 2.28. The molecule has 0 atom stereocenters. The molecule has 2 aromatic carbocycles. The van der Waals surface area contributed by atoms with E-state index in [1.165, 1.54) is 37.4 Å². The van der Waals surface area contributed by atoms with Crippen LogP contribution in [0.4, 0.5) is 10.1 Å². The van der Waals surface area contributed by atoms with Crippen molar-refractivity contribution in [2.24, 2.45) is 0 Å². The molecule has 1 N–H and O–H groups in total. The number of fused-ring (bicyclic) bond motifs is 1. The summed E-state index contributed by atoms with van der Waals surface area (Å²) in [6.07, 6.45) is 0. The number of rotatable bonds is 5. The molecule has 0 aliphatic carbocycles. The minimum absolute atomic E-state index is 0.0602. The number of hydrogen-bond acceptors (Lipinski definition) is 5. The van der Waals surface area contributed by atoms with Gasteiger partial charge in [-0.1, -0.05) is 0 Å². The van der Waals surface area contributed by atoms with Crippen molar-refractivity contribution in [1.82, 2.24) is 5.32 Å². The van der Waals surface area contributed by atoms with E-state index in [0.29, 0.717) is 24.7 Å². The lowest BCUT2D eigenvalue weighted by atomic mass is 10.3. The van der Waals surface area contributed by atoms with Gasteiger partial charge in [0.05, 0.1) is 10.6 Å². The Morgan fingerprint density at radius 3 is 2.42 bits per heavy atom. The van der Waals surface area contributed by atoms with Crippen LogP contribution in [0.5, 0.6) is 11.5 Å². The summed E-state index contributed by atoms with van der Waals surface area (Å²) in [6.45, 7) is 0.257. The Bertz CT molecular complexity index is 915. The Kier molecular flexibility index (Phi) is 4.99. The second-order valence-electron chi connectivity index (χ2n) is 5.47. The third kappa shape index (κ3) is 3.57. The van der Waals surface area contributed by atoms with Crippen molar-refractivity contribution in [3.8, 4) is 11.5 Å². The fourth-order valence-corrected chi connectivity index (χ4v) is 3.88. The molecule has 0 saturated carbocycles. The van der Waals surface area contributed by atoms with Gasteiger partial charge in [0.15, 0.2) is 11.5 Å². The van der Waals surface area contributed by atoms with Crippen molar-refractivity contribution >= 4 is 21.6 Å². The predicted molar refractivity (Wildman–Crippen MR) is 92.4 cm³/mol. The number of ether oxygens (including phenoxy) is 2. The first-order valence-corrected chi connectivity index (χ1v) is 9.24. The van der Waals surface area contributed by atoms with E-state index in [4.69, 9.17) is 9.47 Å². The van der Waals surface area contributed by atoms with Gasteiger partial charge in [0.2, 0.25) is 5.91 Å². The van der Waals surface area contributed by atoms with Crippen LogP contribution in [0.25, 0.3) is 0 Å². The summed E-state index contributed by atoms with van der Waals surface area (Å²) in [4.78, 5) is 11.8. The molecule has 2 aromatic rings. The standard InChI is InChI=1S/C17H17FN2O5S/c1-19-17(21)11-20(13-4-2-12(18)3-5-13)26(22,23)14-6-7-15-16(10-14)25-9-8-24-15/h2-7,10H,8-9,11H2,1H3,(H,19,21). The molecular weight excluding hydrogens is 363 g/mol. The van der Waals surface area contributed by atoms with Gasteiger partial charge in [0.25, 0.3) is 10.0 Å². The van der Waals surface area contributed by atoms with Crippen molar-refractivity contribution < 1.29 is 27.1 Å². The molecule has 0 unspecified atom stereocenters. The minimum atomic E-state index is -4.09. The molecule has 9 heteroatoms. The highest BCUT2D eigenvalue weighted by molar-refractivity contribution is 7.92. The Labute approximate surface area is 150 Å². The number of nitrogens with one attached hydrogen (secondary N) is 1. The molecule has 0 aromatic heterocycles. The summed E-state index contributed by atoms with van der Waals surface area (Å²) in [5.74, 6) is -0.244. The van der Waals surface area contributed by atoms with Gasteiger partial charge in [0.1, 0.15) is 25.6 Å². The van der Waals surface area contributed by atoms with Gasteiger partial charge < -0.3 is 14.8 Å². The summed E-state index contributed by atoms with van der Waals surface area (Å²) < 4.78 is 51.2. The highest BCUT2D eigenvalue weighted by atomic mass is 32.2. The van der Waals surface area contributed by atoms with Crippen LogP contribution in [0.2, 0.25) is 0 Å². The predicted octanol–water partition coefficient (Wildman–Crippen LogP) is 1.54. The molecule has 0 fully saturated rings. The number of benzene rings is 2. The molecule has 0 spiro atoms. The first-order chi connectivity index (χ1) is 12.4. The van der Waals surface area contributed by atoms with Crippen LogP contribution in [-0.2, 0) is 14.8 Å². The van der Waals surface area contributed by atoms with E-state index in [1.54, 1.807) is 0 Å². The molecule has 7 nitrogen and oxygen atoms in total. The van der Waals surface area contributed by atoms with E-state index < -0.39 is 28.3 Å². The average Bonchev–Trinajstić information content (AvgIpc) is 2.66. The summed E-state index contributed by atoms with van der Waals surface area (Å²) in [5, 5.41) is 2.39. The number of likely N-dealkylation sites (N-methyl/N-ethyl adjacent to an activating group) is 1. The van der Waals surface area contributed by atoms with Crippen molar-refractivity contribution in [3.05, 3.63) is 48.3 Å². The number of carbonyl (C=O) groups excluding carboxylic acids is 1. The van der Waals surface area contributed by atoms with E-state index >= 15 is 0 Å². The summed E-state index contributed by atoms with van der Waals surface area (Å²) in [6, 6.07) is 9.09. The smallest absolute Gasteiger partial charge is 0.264 e. The monoisotopic (exact) mass is 380 g/mol. The molecular formula is C17H17FN2O5S. The second-order valence-corrected chi connectivity index (χ2v) is 7.33. The SMILES string of the molecule is CNC(=O)CN(c1ccc(F)cc1)S(=O)(=O)c1ccc2c(c1)OCCO2. The van der Waals surface area contributed by atoms with Gasteiger partial charge in [-0.15, -0.1) is 0 Å². The third-order valence-corrected chi connectivity index (χ3v) is 5.55. The molecule has 26 heavy (non-hydrogen) atoms. The Hall–Kier alpha value is -2.81. The second kappa shape index (κ2) is 7.20. The highest BCUT2D eigenvalue weighted by Crippen LogP contribution is 2.34. The van der Waals surface area contributed by atoms with Crippen LogP contribution in [0.1, 0.15) is 0 Å². The molecule has 1 amide bonds. The minimum Gasteiger partial charge on any atom is -0.486 e. The molecule has 1 aliphatic rings.